The maximum atomic E-state index is 12.3. The zero-order chi connectivity index (χ0) is 14.4. The molecule has 0 radical (unpaired) electrons. The Labute approximate surface area is 120 Å². The summed E-state index contributed by atoms with van der Waals surface area (Å²) < 4.78 is 5.21. The van der Waals surface area contributed by atoms with Gasteiger partial charge in [0.15, 0.2) is 0 Å². The fraction of sp³-hybridized carbons (Fsp3) is 0.562. The molecule has 1 aliphatic rings. The van der Waals surface area contributed by atoms with Gasteiger partial charge in [-0.25, -0.2) is 0 Å². The first-order valence-electron chi connectivity index (χ1n) is 7.39. The zero-order valence-electron chi connectivity index (χ0n) is 12.3. The molecule has 1 unspecified atom stereocenters. The third kappa shape index (κ3) is 4.23. The summed E-state index contributed by atoms with van der Waals surface area (Å²) in [5, 5.41) is 3.40. The van der Waals surface area contributed by atoms with Crippen molar-refractivity contribution in [1.29, 1.82) is 0 Å². The Kier molecular flexibility index (Phi) is 5.41. The Morgan fingerprint density at radius 2 is 2.45 bits per heavy atom. The molecule has 1 amide bonds. The van der Waals surface area contributed by atoms with Crippen molar-refractivity contribution in [1.82, 2.24) is 10.2 Å². The summed E-state index contributed by atoms with van der Waals surface area (Å²) in [5.74, 6) is 1.33. The number of nitrogens with one attached hydrogen (secondary N) is 1. The lowest BCUT2D eigenvalue weighted by atomic mass is 9.98. The Morgan fingerprint density at radius 3 is 3.05 bits per heavy atom. The van der Waals surface area contributed by atoms with Crippen LogP contribution in [0.3, 0.4) is 0 Å². The smallest absolute Gasteiger partial charge is 0.246 e. The van der Waals surface area contributed by atoms with Gasteiger partial charge < -0.3 is 14.6 Å². The van der Waals surface area contributed by atoms with Crippen LogP contribution in [0.2, 0.25) is 0 Å². The molecule has 4 nitrogen and oxygen atoms in total. The molecule has 1 aliphatic heterocycles. The van der Waals surface area contributed by atoms with Gasteiger partial charge in [0.2, 0.25) is 5.91 Å². The molecule has 20 heavy (non-hydrogen) atoms. The average molecular weight is 276 g/mol. The molecule has 4 heteroatoms. The van der Waals surface area contributed by atoms with Crippen LogP contribution >= 0.6 is 0 Å². The van der Waals surface area contributed by atoms with Gasteiger partial charge in [0, 0.05) is 18.7 Å². The first kappa shape index (κ1) is 14.9. The van der Waals surface area contributed by atoms with Crippen LogP contribution in [0.15, 0.2) is 28.9 Å². The van der Waals surface area contributed by atoms with Crippen molar-refractivity contribution in [3.8, 4) is 0 Å². The highest BCUT2D eigenvalue weighted by Gasteiger charge is 2.21. The summed E-state index contributed by atoms with van der Waals surface area (Å²) in [6.07, 6.45) is 7.35. The van der Waals surface area contributed by atoms with Crippen molar-refractivity contribution in [3.05, 3.63) is 30.2 Å². The van der Waals surface area contributed by atoms with Crippen LogP contribution in [-0.2, 0) is 4.79 Å². The van der Waals surface area contributed by atoms with E-state index >= 15 is 0 Å². The molecule has 0 aliphatic carbocycles. The number of carbonyl (C=O) groups excluding carboxylic acids is 1. The summed E-state index contributed by atoms with van der Waals surface area (Å²) in [7, 11) is 0. The first-order chi connectivity index (χ1) is 9.66. The number of carbonyl (C=O) groups is 1. The highest BCUT2D eigenvalue weighted by molar-refractivity contribution is 5.91. The summed E-state index contributed by atoms with van der Waals surface area (Å²) in [4.78, 5) is 14.3. The van der Waals surface area contributed by atoms with Gasteiger partial charge in [-0.15, -0.1) is 0 Å². The average Bonchev–Trinajstić information content (AvgIpc) is 2.96. The molecule has 0 bridgehead atoms. The molecule has 1 saturated heterocycles. The molecule has 0 saturated carbocycles. The summed E-state index contributed by atoms with van der Waals surface area (Å²) in [6.45, 7) is 7.07. The van der Waals surface area contributed by atoms with Crippen LogP contribution in [0.4, 0.5) is 0 Å². The predicted octanol–water partition coefficient (Wildman–Crippen LogP) is 2.53. The lowest BCUT2D eigenvalue weighted by molar-refractivity contribution is -0.128. The zero-order valence-corrected chi connectivity index (χ0v) is 12.3. The van der Waals surface area contributed by atoms with Gasteiger partial charge in [0.05, 0.1) is 6.26 Å². The predicted molar refractivity (Wildman–Crippen MR) is 80.2 cm³/mol. The third-order valence-electron chi connectivity index (χ3n) is 3.69. The van der Waals surface area contributed by atoms with Crippen molar-refractivity contribution >= 4 is 12.0 Å². The number of amides is 1. The summed E-state index contributed by atoms with van der Waals surface area (Å²) in [5.41, 5.74) is 0. The summed E-state index contributed by atoms with van der Waals surface area (Å²) >= 11 is 0. The monoisotopic (exact) mass is 276 g/mol. The maximum Gasteiger partial charge on any atom is 0.246 e. The number of nitrogens with zero attached hydrogens (tertiary/aromatic N) is 1. The second kappa shape index (κ2) is 7.29. The maximum absolute atomic E-state index is 12.3. The van der Waals surface area contributed by atoms with Crippen LogP contribution in [0.5, 0.6) is 0 Å². The number of hydrogen-bond donors (Lipinski definition) is 1. The van der Waals surface area contributed by atoms with E-state index in [1.54, 1.807) is 18.4 Å². The van der Waals surface area contributed by atoms with Gasteiger partial charge in [0.1, 0.15) is 5.76 Å². The Balaban J connectivity index is 1.94. The van der Waals surface area contributed by atoms with E-state index in [1.165, 1.54) is 12.8 Å². The standard InChI is InChI=1S/C16H24N2O2/c1-13(2)18(12-14-5-3-9-17-11-14)16(19)8-7-15-6-4-10-20-15/h4,6-8,10,13-14,17H,3,5,9,11-12H2,1-2H3/b8-7+. The first-order valence-corrected chi connectivity index (χ1v) is 7.39. The van der Waals surface area contributed by atoms with Crippen molar-refractivity contribution < 1.29 is 9.21 Å². The van der Waals surface area contributed by atoms with E-state index in [-0.39, 0.29) is 11.9 Å². The minimum absolute atomic E-state index is 0.0574. The third-order valence-corrected chi connectivity index (χ3v) is 3.69. The van der Waals surface area contributed by atoms with Crippen molar-refractivity contribution in [2.45, 2.75) is 32.7 Å². The molecule has 2 rings (SSSR count). The molecule has 1 aromatic heterocycles. The van der Waals surface area contributed by atoms with E-state index in [4.69, 9.17) is 4.42 Å². The lowest BCUT2D eigenvalue weighted by Crippen LogP contribution is -2.43. The SMILES string of the molecule is CC(C)N(CC1CCCNC1)C(=O)/C=C/c1ccco1. The largest absolute Gasteiger partial charge is 0.465 e. The Morgan fingerprint density at radius 1 is 1.60 bits per heavy atom. The molecule has 0 spiro atoms. The molecule has 0 aromatic carbocycles. The summed E-state index contributed by atoms with van der Waals surface area (Å²) in [6, 6.07) is 3.87. The van der Waals surface area contributed by atoms with Crippen LogP contribution in [-0.4, -0.2) is 36.5 Å². The van der Waals surface area contributed by atoms with Crippen LogP contribution in [0, 0.1) is 5.92 Å². The van der Waals surface area contributed by atoms with Gasteiger partial charge in [-0.2, -0.15) is 0 Å². The molecule has 110 valence electrons. The lowest BCUT2D eigenvalue weighted by Gasteiger charge is -2.32. The van der Waals surface area contributed by atoms with E-state index in [0.717, 1.165) is 19.6 Å². The molecule has 1 fully saturated rings. The van der Waals surface area contributed by atoms with Crippen LogP contribution in [0.25, 0.3) is 6.08 Å². The van der Waals surface area contributed by atoms with Crippen LogP contribution < -0.4 is 5.32 Å². The van der Waals surface area contributed by atoms with Gasteiger partial charge in [-0.1, -0.05) is 0 Å². The van der Waals surface area contributed by atoms with Crippen molar-refractivity contribution in [3.63, 3.8) is 0 Å². The van der Waals surface area contributed by atoms with E-state index in [1.807, 2.05) is 17.0 Å². The normalized spacial score (nSPS) is 19.6. The number of hydrogen-bond acceptors (Lipinski definition) is 3. The van der Waals surface area contributed by atoms with E-state index in [2.05, 4.69) is 19.2 Å². The highest BCUT2D eigenvalue weighted by Crippen LogP contribution is 2.14. The minimum atomic E-state index is 0.0574. The van der Waals surface area contributed by atoms with Gasteiger partial charge in [-0.3, -0.25) is 4.79 Å². The van der Waals surface area contributed by atoms with Crippen molar-refractivity contribution in [2.24, 2.45) is 5.92 Å². The van der Waals surface area contributed by atoms with Gasteiger partial charge >= 0.3 is 0 Å². The van der Waals surface area contributed by atoms with Gasteiger partial charge in [0.25, 0.3) is 0 Å². The second-order valence-electron chi connectivity index (χ2n) is 5.65. The number of rotatable bonds is 5. The Bertz CT molecular complexity index is 431. The molecule has 2 heterocycles. The Hall–Kier alpha value is -1.55. The molecule has 1 aromatic rings. The molecule has 1 atom stereocenters. The van der Waals surface area contributed by atoms with Gasteiger partial charge in [-0.05, 0) is 63.9 Å². The minimum Gasteiger partial charge on any atom is -0.465 e. The fourth-order valence-corrected chi connectivity index (χ4v) is 2.55. The molecular weight excluding hydrogens is 252 g/mol. The molecule has 1 N–H and O–H groups in total. The second-order valence-corrected chi connectivity index (χ2v) is 5.65. The van der Waals surface area contributed by atoms with Crippen LogP contribution in [0.1, 0.15) is 32.4 Å². The highest BCUT2D eigenvalue weighted by atomic mass is 16.3. The van der Waals surface area contributed by atoms with E-state index < -0.39 is 0 Å². The topological polar surface area (TPSA) is 45.5 Å². The number of piperidine rings is 1. The van der Waals surface area contributed by atoms with E-state index in [9.17, 15) is 4.79 Å². The quantitative estimate of drug-likeness (QED) is 0.841. The number of furan rings is 1. The van der Waals surface area contributed by atoms with E-state index in [0.29, 0.717) is 11.7 Å². The molecular formula is C16H24N2O2. The van der Waals surface area contributed by atoms with Crippen molar-refractivity contribution in [2.75, 3.05) is 19.6 Å². The fourth-order valence-electron chi connectivity index (χ4n) is 2.55.